The second-order valence-electron chi connectivity index (χ2n) is 5.63. The lowest BCUT2D eigenvalue weighted by Crippen LogP contribution is -2.18. The van der Waals surface area contributed by atoms with Gasteiger partial charge in [0.2, 0.25) is 0 Å². The van der Waals surface area contributed by atoms with E-state index in [-0.39, 0.29) is 21.9 Å². The number of benzene rings is 2. The fraction of sp³-hybridized carbons (Fsp3) is 0.235. The number of rotatable bonds is 8. The number of hydrogen-bond acceptors (Lipinski definition) is 7. The Labute approximate surface area is 156 Å². The molecule has 0 radical (unpaired) electrons. The predicted octanol–water partition coefficient (Wildman–Crippen LogP) is 2.71. The largest absolute Gasteiger partial charge is 0.507 e. The van der Waals surface area contributed by atoms with Gasteiger partial charge < -0.3 is 9.84 Å². The third kappa shape index (κ3) is 5.17. The number of nitrogens with zero attached hydrogens (tertiary/aromatic N) is 2. The summed E-state index contributed by atoms with van der Waals surface area (Å²) in [7, 11) is -4.09. The molecule has 0 unspecified atom stereocenters. The van der Waals surface area contributed by atoms with E-state index in [1.54, 1.807) is 6.07 Å². The molecule has 144 valence electrons. The molecule has 2 aromatic rings. The van der Waals surface area contributed by atoms with E-state index in [0.29, 0.717) is 17.9 Å². The molecule has 10 heteroatoms. The van der Waals surface area contributed by atoms with Gasteiger partial charge in [-0.2, -0.15) is 13.5 Å². The minimum atomic E-state index is -4.09. The lowest BCUT2D eigenvalue weighted by molar-refractivity contribution is -0.385. The number of nitro groups is 1. The zero-order valence-electron chi connectivity index (χ0n) is 14.7. The molecule has 27 heavy (non-hydrogen) atoms. The van der Waals surface area contributed by atoms with Crippen LogP contribution in [0.2, 0.25) is 0 Å². The van der Waals surface area contributed by atoms with Gasteiger partial charge in [0.1, 0.15) is 11.5 Å². The van der Waals surface area contributed by atoms with Crippen LogP contribution in [0.1, 0.15) is 24.5 Å². The first kappa shape index (κ1) is 20.2. The molecular formula is C17H19N3O6S. The van der Waals surface area contributed by atoms with Crippen LogP contribution in [0.4, 0.5) is 5.69 Å². The van der Waals surface area contributed by atoms with Gasteiger partial charge >= 0.3 is 0 Å². The van der Waals surface area contributed by atoms with Crippen molar-refractivity contribution < 1.29 is 23.2 Å². The number of aryl methyl sites for hydroxylation is 1. The van der Waals surface area contributed by atoms with Crippen LogP contribution < -0.4 is 9.57 Å². The molecular weight excluding hydrogens is 374 g/mol. The van der Waals surface area contributed by atoms with Crippen LogP contribution in [0, 0.1) is 17.0 Å². The normalized spacial score (nSPS) is 11.5. The molecule has 0 aliphatic rings. The van der Waals surface area contributed by atoms with Crippen LogP contribution >= 0.6 is 0 Å². The first-order valence-electron chi connectivity index (χ1n) is 8.00. The van der Waals surface area contributed by atoms with E-state index in [4.69, 9.17) is 4.74 Å². The van der Waals surface area contributed by atoms with Gasteiger partial charge in [0.15, 0.2) is 0 Å². The lowest BCUT2D eigenvalue weighted by atomic mass is 10.2. The number of hydrazone groups is 1. The summed E-state index contributed by atoms with van der Waals surface area (Å²) in [6, 6.07) is 8.09. The Morgan fingerprint density at radius 2 is 2.04 bits per heavy atom. The second-order valence-corrected chi connectivity index (χ2v) is 7.29. The van der Waals surface area contributed by atoms with Crippen LogP contribution in [0.15, 0.2) is 46.4 Å². The van der Waals surface area contributed by atoms with E-state index in [1.165, 1.54) is 31.2 Å². The maximum atomic E-state index is 12.2. The van der Waals surface area contributed by atoms with Crippen molar-refractivity contribution in [1.82, 2.24) is 4.83 Å². The van der Waals surface area contributed by atoms with E-state index in [0.717, 1.165) is 18.7 Å². The molecule has 0 heterocycles. The maximum absolute atomic E-state index is 12.2. The Balaban J connectivity index is 2.15. The third-order valence-electron chi connectivity index (χ3n) is 3.54. The number of nitrogens with one attached hydrogen (secondary N) is 1. The van der Waals surface area contributed by atoms with Crippen LogP contribution in [0.5, 0.6) is 11.5 Å². The van der Waals surface area contributed by atoms with Gasteiger partial charge in [-0.05, 0) is 31.5 Å². The standard InChI is InChI=1S/C17H19N3O6S/c1-3-8-26-14-6-5-13(17(21)9-14)11-18-19-27(24,25)15-7-4-12(2)16(10-15)20(22)23/h4-7,9-11,19,21H,3,8H2,1-2H3/b18-11+. The molecule has 0 fully saturated rings. The molecule has 0 aromatic heterocycles. The third-order valence-corrected chi connectivity index (χ3v) is 4.76. The summed E-state index contributed by atoms with van der Waals surface area (Å²) in [5.74, 6) is 0.358. The van der Waals surface area contributed by atoms with Gasteiger partial charge in [-0.15, -0.1) is 0 Å². The molecule has 0 bridgehead atoms. The molecule has 9 nitrogen and oxygen atoms in total. The Morgan fingerprint density at radius 1 is 1.30 bits per heavy atom. The molecule has 0 saturated carbocycles. The quantitative estimate of drug-likeness (QED) is 0.403. The zero-order valence-corrected chi connectivity index (χ0v) is 15.6. The van der Waals surface area contributed by atoms with E-state index in [1.807, 2.05) is 11.8 Å². The van der Waals surface area contributed by atoms with Gasteiger partial charge in [-0.1, -0.05) is 13.0 Å². The minimum Gasteiger partial charge on any atom is -0.507 e. The van der Waals surface area contributed by atoms with Crippen LogP contribution in [-0.2, 0) is 10.0 Å². The zero-order chi connectivity index (χ0) is 20.0. The number of nitro benzene ring substituents is 1. The van der Waals surface area contributed by atoms with E-state index in [9.17, 15) is 23.6 Å². The Kier molecular flexibility index (Phi) is 6.35. The minimum absolute atomic E-state index is 0.127. The summed E-state index contributed by atoms with van der Waals surface area (Å²) in [6.07, 6.45) is 1.95. The molecule has 0 aliphatic carbocycles. The van der Waals surface area contributed by atoms with Crippen molar-refractivity contribution >= 4 is 21.9 Å². The number of phenols is 1. The van der Waals surface area contributed by atoms with Crippen molar-refractivity contribution in [2.45, 2.75) is 25.2 Å². The number of sulfonamides is 1. The van der Waals surface area contributed by atoms with Crippen LogP contribution in [0.3, 0.4) is 0 Å². The summed E-state index contributed by atoms with van der Waals surface area (Å²) in [5.41, 5.74) is 0.316. The summed E-state index contributed by atoms with van der Waals surface area (Å²) in [5, 5.41) is 24.5. The van der Waals surface area contributed by atoms with Crippen molar-refractivity contribution in [3.63, 3.8) is 0 Å². The topological polar surface area (TPSA) is 131 Å². The van der Waals surface area contributed by atoms with Gasteiger partial charge in [0, 0.05) is 23.3 Å². The fourth-order valence-corrected chi connectivity index (χ4v) is 2.92. The average Bonchev–Trinajstić information content (AvgIpc) is 2.61. The molecule has 2 N–H and O–H groups in total. The second kappa shape index (κ2) is 8.49. The van der Waals surface area contributed by atoms with Crippen molar-refractivity contribution in [3.8, 4) is 11.5 Å². The van der Waals surface area contributed by atoms with E-state index < -0.39 is 14.9 Å². The van der Waals surface area contributed by atoms with Gasteiger partial charge in [-0.25, -0.2) is 4.83 Å². The monoisotopic (exact) mass is 393 g/mol. The first-order chi connectivity index (χ1) is 12.7. The lowest BCUT2D eigenvalue weighted by Gasteiger charge is -2.07. The predicted molar refractivity (Wildman–Crippen MR) is 99.6 cm³/mol. The van der Waals surface area contributed by atoms with Crippen LogP contribution in [-0.4, -0.2) is 31.3 Å². The highest BCUT2D eigenvalue weighted by atomic mass is 32.2. The van der Waals surface area contributed by atoms with E-state index >= 15 is 0 Å². The van der Waals surface area contributed by atoms with Crippen LogP contribution in [0.25, 0.3) is 0 Å². The van der Waals surface area contributed by atoms with Crippen molar-refractivity contribution in [2.24, 2.45) is 5.10 Å². The van der Waals surface area contributed by atoms with Crippen molar-refractivity contribution in [2.75, 3.05) is 6.61 Å². The molecule has 0 spiro atoms. The highest BCUT2D eigenvalue weighted by molar-refractivity contribution is 7.89. The first-order valence-corrected chi connectivity index (χ1v) is 9.48. The van der Waals surface area contributed by atoms with Gasteiger partial charge in [-0.3, -0.25) is 10.1 Å². The summed E-state index contributed by atoms with van der Waals surface area (Å²) in [4.78, 5) is 12.0. The Morgan fingerprint density at radius 3 is 2.67 bits per heavy atom. The molecule has 2 aromatic carbocycles. The number of aromatic hydroxyl groups is 1. The van der Waals surface area contributed by atoms with Gasteiger partial charge in [0.05, 0.1) is 22.6 Å². The summed E-state index contributed by atoms with van der Waals surface area (Å²) in [6.45, 7) is 3.97. The van der Waals surface area contributed by atoms with Crippen molar-refractivity contribution in [3.05, 3.63) is 57.6 Å². The molecule has 0 atom stereocenters. The Bertz CT molecular complexity index is 973. The number of phenolic OH excluding ortho intramolecular Hbond substituents is 1. The van der Waals surface area contributed by atoms with Crippen molar-refractivity contribution in [1.29, 1.82) is 0 Å². The highest BCUT2D eigenvalue weighted by Gasteiger charge is 2.19. The molecule has 2 rings (SSSR count). The SMILES string of the molecule is CCCOc1ccc(/C=N/NS(=O)(=O)c2ccc(C)c([N+](=O)[O-])c2)c(O)c1. The van der Waals surface area contributed by atoms with Gasteiger partial charge in [0.25, 0.3) is 15.7 Å². The summed E-state index contributed by atoms with van der Waals surface area (Å²) < 4.78 is 29.8. The number of hydrogen-bond donors (Lipinski definition) is 2. The Hall–Kier alpha value is -3.14. The maximum Gasteiger partial charge on any atom is 0.276 e. The summed E-state index contributed by atoms with van der Waals surface area (Å²) >= 11 is 0. The number of ether oxygens (including phenoxy) is 1. The van der Waals surface area contributed by atoms with E-state index in [2.05, 4.69) is 5.10 Å². The fourth-order valence-electron chi connectivity index (χ4n) is 2.11. The molecule has 0 amide bonds. The smallest absolute Gasteiger partial charge is 0.276 e. The highest BCUT2D eigenvalue weighted by Crippen LogP contribution is 2.23. The molecule has 0 aliphatic heterocycles. The average molecular weight is 393 g/mol. The molecule has 0 saturated heterocycles.